The Morgan fingerprint density at radius 1 is 1.38 bits per heavy atom. The molecule has 21 heavy (non-hydrogen) atoms. The Hall–Kier alpha value is -1.31. The van der Waals surface area contributed by atoms with Gasteiger partial charge in [0, 0.05) is 32.2 Å². The lowest BCUT2D eigenvalue weighted by molar-refractivity contribution is -0.383. The Morgan fingerprint density at radius 3 is 2.48 bits per heavy atom. The molecule has 10 nitrogen and oxygen atoms in total. The van der Waals surface area contributed by atoms with Crippen molar-refractivity contribution in [3.63, 3.8) is 0 Å². The normalized spacial score (nSPS) is 17.8. The summed E-state index contributed by atoms with van der Waals surface area (Å²) in [4.78, 5) is 14.7. The van der Waals surface area contributed by atoms with Crippen LogP contribution in [0.4, 0.5) is 10.7 Å². The van der Waals surface area contributed by atoms with Crippen molar-refractivity contribution >= 4 is 32.0 Å². The number of nitrogens with one attached hydrogen (secondary N) is 2. The van der Waals surface area contributed by atoms with E-state index < -0.39 is 14.9 Å². The van der Waals surface area contributed by atoms with E-state index in [1.54, 1.807) is 5.01 Å². The van der Waals surface area contributed by atoms with E-state index in [9.17, 15) is 18.5 Å². The van der Waals surface area contributed by atoms with Crippen LogP contribution in [0.1, 0.15) is 0 Å². The lowest BCUT2D eigenvalue weighted by Crippen LogP contribution is -2.52. The molecule has 12 heteroatoms. The molecule has 0 radical (unpaired) electrons. The first-order valence-electron chi connectivity index (χ1n) is 6.04. The van der Waals surface area contributed by atoms with Gasteiger partial charge in [0.1, 0.15) is 4.21 Å². The summed E-state index contributed by atoms with van der Waals surface area (Å²) >= 11 is 0.719. The van der Waals surface area contributed by atoms with Crippen LogP contribution in [0.5, 0.6) is 0 Å². The van der Waals surface area contributed by atoms with Crippen LogP contribution < -0.4 is 16.1 Å². The molecule has 0 aliphatic carbocycles. The number of nitrogens with zero attached hydrogens (tertiary/aromatic N) is 3. The first kappa shape index (κ1) is 16.1. The van der Waals surface area contributed by atoms with Crippen LogP contribution in [-0.2, 0) is 10.0 Å². The molecule has 4 N–H and O–H groups in total. The number of sulfonamides is 1. The molecule has 1 aromatic heterocycles. The monoisotopic (exact) mass is 336 g/mol. The first-order valence-corrected chi connectivity index (χ1v) is 8.34. The Balaban J connectivity index is 2.18. The van der Waals surface area contributed by atoms with Gasteiger partial charge in [-0.1, -0.05) is 11.3 Å². The van der Waals surface area contributed by atoms with Crippen LogP contribution in [0.2, 0.25) is 0 Å². The summed E-state index contributed by atoms with van der Waals surface area (Å²) in [7, 11) is -1.89. The molecule has 0 aromatic carbocycles. The minimum atomic E-state index is -3.85. The average molecular weight is 336 g/mol. The zero-order valence-electron chi connectivity index (χ0n) is 11.3. The molecular formula is C9H16N6O4S2. The maximum atomic E-state index is 12.2. The van der Waals surface area contributed by atoms with Crippen molar-refractivity contribution in [1.29, 1.82) is 0 Å². The van der Waals surface area contributed by atoms with Gasteiger partial charge in [0.2, 0.25) is 0 Å². The molecule has 1 aliphatic rings. The standard InChI is InChI=1S/C9H16N6O4S2/c1-13-2-4-14(5-3-13)12-21(18,19)8-6-7(15(16)17)9(11-10)20-8/h6,11-12H,2-5,10H2,1H3. The van der Waals surface area contributed by atoms with Gasteiger partial charge in [0.15, 0.2) is 5.00 Å². The van der Waals surface area contributed by atoms with Crippen molar-refractivity contribution in [2.75, 3.05) is 38.7 Å². The molecule has 118 valence electrons. The van der Waals surface area contributed by atoms with E-state index >= 15 is 0 Å². The minimum Gasteiger partial charge on any atom is -0.310 e. The second-order valence-electron chi connectivity index (χ2n) is 4.57. The number of nitrogen functional groups attached to an aromatic ring is 1. The number of nitrogens with two attached hydrogens (primary N) is 1. The Kier molecular flexibility index (Phi) is 4.75. The summed E-state index contributed by atoms with van der Waals surface area (Å²) < 4.78 is 24.3. The summed E-state index contributed by atoms with van der Waals surface area (Å²) in [5, 5.41) is 12.4. The fourth-order valence-electron chi connectivity index (χ4n) is 1.84. The zero-order chi connectivity index (χ0) is 15.6. The number of rotatable bonds is 5. The zero-order valence-corrected chi connectivity index (χ0v) is 12.9. The van der Waals surface area contributed by atoms with Gasteiger partial charge in [-0.3, -0.25) is 10.1 Å². The van der Waals surface area contributed by atoms with Crippen molar-refractivity contribution in [2.45, 2.75) is 4.21 Å². The molecule has 1 saturated heterocycles. The van der Waals surface area contributed by atoms with Crippen LogP contribution in [0, 0.1) is 10.1 Å². The van der Waals surface area contributed by atoms with E-state index in [1.807, 2.05) is 7.05 Å². The predicted molar refractivity (Wildman–Crippen MR) is 78.2 cm³/mol. The van der Waals surface area contributed by atoms with E-state index in [-0.39, 0.29) is 14.9 Å². The largest absolute Gasteiger partial charge is 0.310 e. The fourth-order valence-corrected chi connectivity index (χ4v) is 4.19. The van der Waals surface area contributed by atoms with E-state index in [4.69, 9.17) is 5.84 Å². The second kappa shape index (κ2) is 6.21. The lowest BCUT2D eigenvalue weighted by Gasteiger charge is -2.31. The second-order valence-corrected chi connectivity index (χ2v) is 7.51. The Morgan fingerprint density at radius 2 is 2.00 bits per heavy atom. The Bertz CT molecular complexity index is 622. The third-order valence-corrected chi connectivity index (χ3v) is 5.94. The molecule has 0 bridgehead atoms. The molecule has 0 amide bonds. The summed E-state index contributed by atoms with van der Waals surface area (Å²) in [6.45, 7) is 2.57. The van der Waals surface area contributed by atoms with Gasteiger partial charge in [-0.25, -0.2) is 19.3 Å². The van der Waals surface area contributed by atoms with Gasteiger partial charge >= 0.3 is 5.69 Å². The summed E-state index contributed by atoms with van der Waals surface area (Å²) in [5.74, 6) is 5.17. The molecule has 0 spiro atoms. The average Bonchev–Trinajstić information content (AvgIpc) is 2.86. The molecule has 0 saturated carbocycles. The highest BCUT2D eigenvalue weighted by Crippen LogP contribution is 2.36. The maximum absolute atomic E-state index is 12.2. The molecule has 2 rings (SSSR count). The molecule has 1 fully saturated rings. The van der Waals surface area contributed by atoms with Crippen LogP contribution >= 0.6 is 11.3 Å². The smallest absolute Gasteiger partial charge is 0.306 e. The van der Waals surface area contributed by atoms with Crippen molar-refractivity contribution in [3.8, 4) is 0 Å². The highest BCUT2D eigenvalue weighted by molar-refractivity contribution is 7.91. The van der Waals surface area contributed by atoms with Crippen molar-refractivity contribution in [3.05, 3.63) is 16.2 Å². The Labute approximate surface area is 125 Å². The van der Waals surface area contributed by atoms with E-state index in [1.165, 1.54) is 0 Å². The van der Waals surface area contributed by atoms with Crippen molar-refractivity contribution in [2.24, 2.45) is 5.84 Å². The predicted octanol–water partition coefficient (Wildman–Crippen LogP) is -0.617. The van der Waals surface area contributed by atoms with Gasteiger partial charge in [0.05, 0.1) is 4.92 Å². The molecule has 1 aromatic rings. The maximum Gasteiger partial charge on any atom is 0.306 e. The summed E-state index contributed by atoms with van der Waals surface area (Å²) in [6.07, 6.45) is 0. The molecule has 0 atom stereocenters. The highest BCUT2D eigenvalue weighted by Gasteiger charge is 2.28. The number of anilines is 1. The fraction of sp³-hybridized carbons (Fsp3) is 0.556. The van der Waals surface area contributed by atoms with E-state index in [2.05, 4.69) is 15.2 Å². The van der Waals surface area contributed by atoms with Crippen molar-refractivity contribution < 1.29 is 13.3 Å². The third kappa shape index (κ3) is 3.66. The van der Waals surface area contributed by atoms with Gasteiger partial charge in [-0.15, -0.1) is 4.83 Å². The summed E-state index contributed by atoms with van der Waals surface area (Å²) in [5.41, 5.74) is 1.78. The van der Waals surface area contributed by atoms with E-state index in [0.29, 0.717) is 13.1 Å². The number of hydrogen-bond acceptors (Lipinski definition) is 9. The van der Waals surface area contributed by atoms with Crippen LogP contribution in [0.3, 0.4) is 0 Å². The van der Waals surface area contributed by atoms with Gasteiger partial charge in [-0.05, 0) is 7.05 Å². The number of likely N-dealkylation sites (N-methyl/N-ethyl adjacent to an activating group) is 1. The molecule has 2 heterocycles. The van der Waals surface area contributed by atoms with E-state index in [0.717, 1.165) is 30.5 Å². The number of nitro groups is 1. The SMILES string of the molecule is CN1CCN(NS(=O)(=O)c2cc([N+](=O)[O-])c(NN)s2)CC1. The minimum absolute atomic E-state index is 0.00116. The third-order valence-electron chi connectivity index (χ3n) is 3.04. The lowest BCUT2D eigenvalue weighted by atomic mass is 10.4. The van der Waals surface area contributed by atoms with Crippen LogP contribution in [-0.4, -0.2) is 56.5 Å². The topological polar surface area (TPSA) is 134 Å². The quantitative estimate of drug-likeness (QED) is 0.368. The van der Waals surface area contributed by atoms with Gasteiger partial charge in [0.25, 0.3) is 10.0 Å². The van der Waals surface area contributed by atoms with Crippen molar-refractivity contribution in [1.82, 2.24) is 14.7 Å². The molecule has 1 aliphatic heterocycles. The summed E-state index contributed by atoms with van der Waals surface area (Å²) in [6, 6.07) is 0.998. The molecule has 0 unspecified atom stereocenters. The number of piperazine rings is 1. The van der Waals surface area contributed by atoms with Gasteiger partial charge < -0.3 is 10.3 Å². The van der Waals surface area contributed by atoms with Crippen LogP contribution in [0.25, 0.3) is 0 Å². The van der Waals surface area contributed by atoms with Gasteiger partial charge in [-0.2, -0.15) is 0 Å². The first-order chi connectivity index (χ1) is 9.83. The number of hydrogen-bond donors (Lipinski definition) is 3. The number of hydrazine groups is 2. The highest BCUT2D eigenvalue weighted by atomic mass is 32.2. The van der Waals surface area contributed by atoms with Crippen LogP contribution in [0.15, 0.2) is 10.3 Å². The molecular weight excluding hydrogens is 320 g/mol. The number of thiophene rings is 1.